The zero-order valence-corrected chi connectivity index (χ0v) is 12.7. The van der Waals surface area contributed by atoms with Crippen LogP contribution in [0.4, 0.5) is 0 Å². The van der Waals surface area contributed by atoms with Crippen molar-refractivity contribution in [2.45, 2.75) is 32.5 Å². The maximum Gasteiger partial charge on any atom is 0.133 e. The number of aliphatic hydroxyl groups is 1. The van der Waals surface area contributed by atoms with Gasteiger partial charge in [-0.3, -0.25) is 0 Å². The second-order valence-electron chi connectivity index (χ2n) is 4.61. The van der Waals surface area contributed by atoms with Gasteiger partial charge in [0.2, 0.25) is 0 Å². The molecule has 2 rings (SSSR count). The van der Waals surface area contributed by atoms with E-state index in [2.05, 4.69) is 40.8 Å². The standard InChI is InChI=1S/C15H17IO2/c1-10(17)9-11(2)18-14-8-7-12-5-3-4-6-13(12)15(14)16/h3-8,10-11,17H,9H2,1-2H3/t10-,11-/m1/s1. The van der Waals surface area contributed by atoms with E-state index in [0.717, 1.165) is 9.32 Å². The van der Waals surface area contributed by atoms with Gasteiger partial charge in [-0.25, -0.2) is 0 Å². The first-order chi connectivity index (χ1) is 8.58. The van der Waals surface area contributed by atoms with Gasteiger partial charge in [0.25, 0.3) is 0 Å². The molecule has 0 saturated carbocycles. The van der Waals surface area contributed by atoms with Crippen LogP contribution in [0.5, 0.6) is 5.75 Å². The number of benzene rings is 2. The Balaban J connectivity index is 2.26. The minimum Gasteiger partial charge on any atom is -0.489 e. The normalized spacial score (nSPS) is 14.4. The molecule has 0 unspecified atom stereocenters. The molecule has 0 spiro atoms. The summed E-state index contributed by atoms with van der Waals surface area (Å²) in [7, 11) is 0. The first-order valence-corrected chi connectivity index (χ1v) is 7.17. The lowest BCUT2D eigenvalue weighted by Gasteiger charge is -2.18. The summed E-state index contributed by atoms with van der Waals surface area (Å²) in [4.78, 5) is 0. The molecular weight excluding hydrogens is 339 g/mol. The molecule has 96 valence electrons. The lowest BCUT2D eigenvalue weighted by Crippen LogP contribution is -2.18. The molecule has 0 fully saturated rings. The summed E-state index contributed by atoms with van der Waals surface area (Å²) in [5.41, 5.74) is 0. The van der Waals surface area contributed by atoms with Crippen molar-refractivity contribution in [1.29, 1.82) is 0 Å². The molecule has 0 amide bonds. The van der Waals surface area contributed by atoms with Crippen molar-refractivity contribution in [2.24, 2.45) is 0 Å². The average Bonchev–Trinajstić information content (AvgIpc) is 2.32. The zero-order valence-electron chi connectivity index (χ0n) is 10.6. The molecule has 2 nitrogen and oxygen atoms in total. The quantitative estimate of drug-likeness (QED) is 0.840. The van der Waals surface area contributed by atoms with Gasteiger partial charge >= 0.3 is 0 Å². The van der Waals surface area contributed by atoms with Crippen LogP contribution < -0.4 is 4.74 Å². The van der Waals surface area contributed by atoms with Crippen molar-refractivity contribution >= 4 is 33.4 Å². The van der Waals surface area contributed by atoms with Gasteiger partial charge in [0.05, 0.1) is 15.8 Å². The molecule has 2 aromatic rings. The highest BCUT2D eigenvalue weighted by Crippen LogP contribution is 2.30. The number of fused-ring (bicyclic) bond motifs is 1. The lowest BCUT2D eigenvalue weighted by atomic mass is 10.1. The third kappa shape index (κ3) is 3.14. The van der Waals surface area contributed by atoms with E-state index in [-0.39, 0.29) is 12.2 Å². The number of ether oxygens (including phenoxy) is 1. The van der Waals surface area contributed by atoms with Crippen molar-refractivity contribution in [3.63, 3.8) is 0 Å². The number of halogens is 1. The van der Waals surface area contributed by atoms with Gasteiger partial charge in [-0.2, -0.15) is 0 Å². The molecule has 2 atom stereocenters. The van der Waals surface area contributed by atoms with Crippen LogP contribution in [0.25, 0.3) is 10.8 Å². The topological polar surface area (TPSA) is 29.5 Å². The number of hydrogen-bond donors (Lipinski definition) is 1. The molecule has 0 heterocycles. The van der Waals surface area contributed by atoms with Crippen LogP contribution in [0.1, 0.15) is 20.3 Å². The Bertz CT molecular complexity index is 537. The summed E-state index contributed by atoms with van der Waals surface area (Å²) < 4.78 is 7.02. The number of aliphatic hydroxyl groups excluding tert-OH is 1. The van der Waals surface area contributed by atoms with Crippen molar-refractivity contribution < 1.29 is 9.84 Å². The molecule has 0 aliphatic heterocycles. The Labute approximate surface area is 121 Å². The van der Waals surface area contributed by atoms with E-state index < -0.39 is 0 Å². The molecule has 1 N–H and O–H groups in total. The summed E-state index contributed by atoms with van der Waals surface area (Å²) in [6.07, 6.45) is 0.320. The number of rotatable bonds is 4. The summed E-state index contributed by atoms with van der Waals surface area (Å²) in [6, 6.07) is 12.3. The van der Waals surface area contributed by atoms with Crippen LogP contribution in [0.15, 0.2) is 36.4 Å². The molecule has 0 aliphatic rings. The van der Waals surface area contributed by atoms with Gasteiger partial charge in [0.1, 0.15) is 5.75 Å². The van der Waals surface area contributed by atoms with Crippen LogP contribution in [-0.2, 0) is 0 Å². The van der Waals surface area contributed by atoms with Gasteiger partial charge in [-0.15, -0.1) is 0 Å². The third-order valence-electron chi connectivity index (χ3n) is 2.83. The predicted octanol–water partition coefficient (Wildman–Crippen LogP) is 3.98. The zero-order chi connectivity index (χ0) is 13.1. The van der Waals surface area contributed by atoms with Crippen LogP contribution in [0.2, 0.25) is 0 Å². The fourth-order valence-corrected chi connectivity index (χ4v) is 2.85. The van der Waals surface area contributed by atoms with Crippen molar-refractivity contribution in [1.82, 2.24) is 0 Å². The molecule has 18 heavy (non-hydrogen) atoms. The van der Waals surface area contributed by atoms with Crippen molar-refractivity contribution in [3.8, 4) is 5.75 Å². The summed E-state index contributed by atoms with van der Waals surface area (Å²) in [6.45, 7) is 3.77. The Morgan fingerprint density at radius 1 is 1.17 bits per heavy atom. The second-order valence-corrected chi connectivity index (χ2v) is 5.69. The fraction of sp³-hybridized carbons (Fsp3) is 0.333. The van der Waals surface area contributed by atoms with Gasteiger partial charge in [0.15, 0.2) is 0 Å². The van der Waals surface area contributed by atoms with E-state index in [4.69, 9.17) is 4.74 Å². The van der Waals surface area contributed by atoms with Gasteiger partial charge < -0.3 is 9.84 Å². The summed E-state index contributed by atoms with van der Waals surface area (Å²) in [5.74, 6) is 0.891. The largest absolute Gasteiger partial charge is 0.489 e. The van der Waals surface area contributed by atoms with E-state index in [1.807, 2.05) is 25.1 Å². The first kappa shape index (κ1) is 13.6. The van der Waals surface area contributed by atoms with Crippen LogP contribution in [-0.4, -0.2) is 17.3 Å². The van der Waals surface area contributed by atoms with Crippen LogP contribution >= 0.6 is 22.6 Å². The Morgan fingerprint density at radius 2 is 1.89 bits per heavy atom. The predicted molar refractivity (Wildman–Crippen MR) is 83.1 cm³/mol. The van der Waals surface area contributed by atoms with Crippen LogP contribution in [0.3, 0.4) is 0 Å². The highest BCUT2D eigenvalue weighted by molar-refractivity contribution is 14.1. The highest BCUT2D eigenvalue weighted by Gasteiger charge is 2.11. The molecule has 2 aromatic carbocycles. The highest BCUT2D eigenvalue weighted by atomic mass is 127. The molecular formula is C15H17IO2. The Kier molecular flexibility index (Phi) is 4.45. The smallest absolute Gasteiger partial charge is 0.133 e. The SMILES string of the molecule is C[C@H](C[C@@H](C)O)Oc1ccc2ccccc2c1I. The monoisotopic (exact) mass is 356 g/mol. The molecule has 0 aromatic heterocycles. The molecule has 3 heteroatoms. The maximum absolute atomic E-state index is 9.36. The van der Waals surface area contributed by atoms with Gasteiger partial charge in [0, 0.05) is 6.42 Å². The molecule has 0 aliphatic carbocycles. The first-order valence-electron chi connectivity index (χ1n) is 6.10. The van der Waals surface area contributed by atoms with E-state index in [9.17, 15) is 5.11 Å². The van der Waals surface area contributed by atoms with Gasteiger partial charge in [-0.05, 0) is 53.3 Å². The van der Waals surface area contributed by atoms with Crippen molar-refractivity contribution in [2.75, 3.05) is 0 Å². The van der Waals surface area contributed by atoms with Gasteiger partial charge in [-0.1, -0.05) is 30.3 Å². The minimum absolute atomic E-state index is 0.0136. The lowest BCUT2D eigenvalue weighted by molar-refractivity contribution is 0.115. The fourth-order valence-electron chi connectivity index (χ4n) is 2.05. The van der Waals surface area contributed by atoms with E-state index in [0.29, 0.717) is 6.42 Å². The van der Waals surface area contributed by atoms with E-state index >= 15 is 0 Å². The molecule has 0 bridgehead atoms. The maximum atomic E-state index is 9.36. The van der Waals surface area contributed by atoms with E-state index in [1.54, 1.807) is 6.92 Å². The molecule has 0 saturated heterocycles. The summed E-state index contributed by atoms with van der Waals surface area (Å²) in [5, 5.41) is 11.8. The third-order valence-corrected chi connectivity index (χ3v) is 3.94. The Morgan fingerprint density at radius 3 is 2.61 bits per heavy atom. The second kappa shape index (κ2) is 5.89. The summed E-state index contributed by atoms with van der Waals surface area (Å²) >= 11 is 2.32. The molecule has 0 radical (unpaired) electrons. The minimum atomic E-state index is -0.335. The average molecular weight is 356 g/mol. The van der Waals surface area contributed by atoms with Crippen LogP contribution in [0, 0.1) is 3.57 Å². The van der Waals surface area contributed by atoms with Crippen molar-refractivity contribution in [3.05, 3.63) is 40.0 Å². The van der Waals surface area contributed by atoms with E-state index in [1.165, 1.54) is 10.8 Å². The Hall–Kier alpha value is -0.810. The number of hydrogen-bond acceptors (Lipinski definition) is 2.